The first-order chi connectivity index (χ1) is 11.6. The van der Waals surface area contributed by atoms with Crippen LogP contribution < -0.4 is 15.8 Å². The SMILES string of the molecule is CCNC(=O)[C@@H]1C[C@@H](N)CN1C(=O)C1=Cc2ccccc2OC=C1. The molecule has 3 N–H and O–H groups in total. The zero-order valence-electron chi connectivity index (χ0n) is 13.6. The molecule has 1 aromatic carbocycles. The lowest BCUT2D eigenvalue weighted by Crippen LogP contribution is -2.46. The van der Waals surface area contributed by atoms with E-state index in [-0.39, 0.29) is 17.9 Å². The molecule has 2 heterocycles. The summed E-state index contributed by atoms with van der Waals surface area (Å²) in [6, 6.07) is 6.76. The molecule has 2 aliphatic rings. The lowest BCUT2D eigenvalue weighted by molar-refractivity contribution is -0.135. The van der Waals surface area contributed by atoms with E-state index in [0.29, 0.717) is 30.8 Å². The van der Waals surface area contributed by atoms with Gasteiger partial charge in [0.05, 0.1) is 6.26 Å². The largest absolute Gasteiger partial charge is 0.464 e. The fourth-order valence-corrected chi connectivity index (χ4v) is 3.04. The molecule has 2 aliphatic heterocycles. The monoisotopic (exact) mass is 327 g/mol. The summed E-state index contributed by atoms with van der Waals surface area (Å²) in [5.74, 6) is 0.319. The van der Waals surface area contributed by atoms with Crippen molar-refractivity contribution < 1.29 is 14.3 Å². The average Bonchev–Trinajstić information content (AvgIpc) is 2.84. The molecule has 6 heteroatoms. The van der Waals surface area contributed by atoms with Crippen LogP contribution in [0, 0.1) is 0 Å². The van der Waals surface area contributed by atoms with Crippen LogP contribution in [0.4, 0.5) is 0 Å². The summed E-state index contributed by atoms with van der Waals surface area (Å²) in [4.78, 5) is 26.7. The number of hydrogen-bond donors (Lipinski definition) is 2. The molecule has 1 aromatic rings. The molecule has 0 aromatic heterocycles. The number of nitrogens with one attached hydrogen (secondary N) is 1. The topological polar surface area (TPSA) is 84.7 Å². The minimum absolute atomic E-state index is 0.159. The van der Waals surface area contributed by atoms with Gasteiger partial charge < -0.3 is 20.7 Å². The first-order valence-corrected chi connectivity index (χ1v) is 8.08. The summed E-state index contributed by atoms with van der Waals surface area (Å²) in [6.07, 6.45) is 5.37. The van der Waals surface area contributed by atoms with Crippen molar-refractivity contribution in [2.24, 2.45) is 5.73 Å². The molecule has 1 fully saturated rings. The minimum Gasteiger partial charge on any atom is -0.464 e. The Bertz CT molecular complexity index is 711. The molecule has 0 radical (unpaired) electrons. The number of benzene rings is 1. The number of likely N-dealkylation sites (tertiary alicyclic amines) is 1. The van der Waals surface area contributed by atoms with Gasteiger partial charge in [-0.05, 0) is 31.6 Å². The summed E-state index contributed by atoms with van der Waals surface area (Å²) >= 11 is 0. The Morgan fingerprint density at radius 2 is 2.17 bits per heavy atom. The van der Waals surface area contributed by atoms with Gasteiger partial charge in [0.15, 0.2) is 0 Å². The highest BCUT2D eigenvalue weighted by molar-refractivity contribution is 6.03. The number of carbonyl (C=O) groups excluding carboxylic acids is 2. The first-order valence-electron chi connectivity index (χ1n) is 8.08. The van der Waals surface area contributed by atoms with E-state index in [1.54, 1.807) is 17.1 Å². The lowest BCUT2D eigenvalue weighted by Gasteiger charge is -2.24. The number of fused-ring (bicyclic) bond motifs is 1. The fraction of sp³-hybridized carbons (Fsp3) is 0.333. The van der Waals surface area contributed by atoms with E-state index < -0.39 is 6.04 Å². The van der Waals surface area contributed by atoms with Gasteiger partial charge in [-0.25, -0.2) is 0 Å². The summed E-state index contributed by atoms with van der Waals surface area (Å²) in [5.41, 5.74) is 7.29. The molecule has 0 spiro atoms. The second kappa shape index (κ2) is 6.88. The van der Waals surface area contributed by atoms with Gasteiger partial charge in [0.2, 0.25) is 5.91 Å². The number of rotatable bonds is 3. The van der Waals surface area contributed by atoms with E-state index in [1.165, 1.54) is 6.26 Å². The van der Waals surface area contributed by atoms with Crippen molar-refractivity contribution in [2.75, 3.05) is 13.1 Å². The molecule has 1 saturated heterocycles. The van der Waals surface area contributed by atoms with Gasteiger partial charge in [0, 0.05) is 30.3 Å². The third-order valence-electron chi connectivity index (χ3n) is 4.17. The van der Waals surface area contributed by atoms with Gasteiger partial charge >= 0.3 is 0 Å². The first kappa shape index (κ1) is 16.3. The predicted molar refractivity (Wildman–Crippen MR) is 91.0 cm³/mol. The molecule has 24 heavy (non-hydrogen) atoms. The minimum atomic E-state index is -0.527. The molecular weight excluding hydrogens is 306 g/mol. The summed E-state index contributed by atoms with van der Waals surface area (Å²) in [6.45, 7) is 2.74. The fourth-order valence-electron chi connectivity index (χ4n) is 3.04. The van der Waals surface area contributed by atoms with Crippen LogP contribution in [-0.2, 0) is 9.59 Å². The molecule has 126 valence electrons. The number of ether oxygens (including phenoxy) is 1. The van der Waals surface area contributed by atoms with Crippen molar-refractivity contribution in [3.05, 3.63) is 47.7 Å². The van der Waals surface area contributed by atoms with Crippen LogP contribution in [0.1, 0.15) is 18.9 Å². The Morgan fingerprint density at radius 3 is 2.96 bits per heavy atom. The van der Waals surface area contributed by atoms with E-state index in [2.05, 4.69) is 5.32 Å². The quantitative estimate of drug-likeness (QED) is 0.869. The van der Waals surface area contributed by atoms with Gasteiger partial charge in [-0.2, -0.15) is 0 Å². The van der Waals surface area contributed by atoms with Crippen molar-refractivity contribution in [1.29, 1.82) is 0 Å². The number of amides is 2. The van der Waals surface area contributed by atoms with Crippen molar-refractivity contribution in [2.45, 2.75) is 25.4 Å². The highest BCUT2D eigenvalue weighted by Gasteiger charge is 2.38. The van der Waals surface area contributed by atoms with Crippen LogP contribution in [0.25, 0.3) is 6.08 Å². The molecule has 0 saturated carbocycles. The Morgan fingerprint density at radius 1 is 1.38 bits per heavy atom. The highest BCUT2D eigenvalue weighted by Crippen LogP contribution is 2.27. The number of likely N-dealkylation sites (N-methyl/N-ethyl adjacent to an activating group) is 1. The van der Waals surface area contributed by atoms with E-state index >= 15 is 0 Å². The van der Waals surface area contributed by atoms with Gasteiger partial charge in [0.25, 0.3) is 5.91 Å². The van der Waals surface area contributed by atoms with Crippen LogP contribution in [-0.4, -0.2) is 41.9 Å². The van der Waals surface area contributed by atoms with Crippen molar-refractivity contribution in [3.63, 3.8) is 0 Å². The second-order valence-corrected chi connectivity index (χ2v) is 5.92. The van der Waals surface area contributed by atoms with Crippen LogP contribution in [0.3, 0.4) is 0 Å². The van der Waals surface area contributed by atoms with Gasteiger partial charge in [-0.15, -0.1) is 0 Å². The molecule has 2 atom stereocenters. The molecule has 0 unspecified atom stereocenters. The Balaban J connectivity index is 1.87. The third kappa shape index (κ3) is 3.19. The highest BCUT2D eigenvalue weighted by atomic mass is 16.5. The number of nitrogens with zero attached hydrogens (tertiary/aromatic N) is 1. The van der Waals surface area contributed by atoms with Gasteiger partial charge in [-0.1, -0.05) is 18.2 Å². The summed E-state index contributed by atoms with van der Waals surface area (Å²) in [5, 5.41) is 2.77. The number of hydrogen-bond acceptors (Lipinski definition) is 4. The average molecular weight is 327 g/mol. The Kier molecular flexibility index (Phi) is 4.66. The molecule has 3 rings (SSSR count). The normalized spacial score (nSPS) is 22.2. The summed E-state index contributed by atoms with van der Waals surface area (Å²) < 4.78 is 5.52. The van der Waals surface area contributed by atoms with E-state index in [4.69, 9.17) is 10.5 Å². The second-order valence-electron chi connectivity index (χ2n) is 5.92. The zero-order chi connectivity index (χ0) is 17.1. The van der Waals surface area contributed by atoms with Crippen LogP contribution in [0.15, 0.2) is 42.2 Å². The molecular formula is C18H21N3O3. The number of para-hydroxylation sites is 1. The van der Waals surface area contributed by atoms with E-state index in [1.807, 2.05) is 31.2 Å². The number of nitrogens with two attached hydrogens (primary N) is 1. The molecule has 6 nitrogen and oxygen atoms in total. The van der Waals surface area contributed by atoms with E-state index in [0.717, 1.165) is 5.56 Å². The molecule has 2 amide bonds. The lowest BCUT2D eigenvalue weighted by atomic mass is 10.1. The maximum Gasteiger partial charge on any atom is 0.254 e. The van der Waals surface area contributed by atoms with Crippen molar-refractivity contribution in [3.8, 4) is 5.75 Å². The van der Waals surface area contributed by atoms with Crippen LogP contribution in [0.5, 0.6) is 5.75 Å². The van der Waals surface area contributed by atoms with Crippen LogP contribution >= 0.6 is 0 Å². The van der Waals surface area contributed by atoms with Gasteiger partial charge in [-0.3, -0.25) is 9.59 Å². The molecule has 0 aliphatic carbocycles. The Hall–Kier alpha value is -2.60. The standard InChI is InChI=1S/C18H21N3O3/c1-2-20-17(22)15-10-14(19)11-21(15)18(23)13-7-8-24-16-6-4-3-5-12(16)9-13/h3-9,14-15H,2,10-11,19H2,1H3,(H,20,22)/t14-,15+/m1/s1. The van der Waals surface area contributed by atoms with Crippen molar-refractivity contribution >= 4 is 17.9 Å². The Labute approximate surface area is 141 Å². The maximum absolute atomic E-state index is 12.9. The zero-order valence-corrected chi connectivity index (χ0v) is 13.6. The predicted octanol–water partition coefficient (Wildman–Crippen LogP) is 1.04. The van der Waals surface area contributed by atoms with Gasteiger partial charge in [0.1, 0.15) is 11.8 Å². The summed E-state index contributed by atoms with van der Waals surface area (Å²) in [7, 11) is 0. The van der Waals surface area contributed by atoms with E-state index in [9.17, 15) is 9.59 Å². The number of carbonyl (C=O) groups is 2. The van der Waals surface area contributed by atoms with Crippen molar-refractivity contribution in [1.82, 2.24) is 10.2 Å². The third-order valence-corrected chi connectivity index (χ3v) is 4.17. The van der Waals surface area contributed by atoms with Crippen LogP contribution in [0.2, 0.25) is 0 Å². The molecule has 0 bridgehead atoms. The maximum atomic E-state index is 12.9. The smallest absolute Gasteiger partial charge is 0.254 e.